The van der Waals surface area contributed by atoms with Gasteiger partial charge in [-0.3, -0.25) is 14.2 Å². The van der Waals surface area contributed by atoms with Crippen molar-refractivity contribution in [2.45, 2.75) is 32.2 Å². The maximum Gasteiger partial charge on any atom is 0.328 e. The number of rotatable bonds is 6. The molecule has 0 bridgehead atoms. The first-order chi connectivity index (χ1) is 15.5. The molecule has 4 rings (SSSR count). The van der Waals surface area contributed by atoms with Crippen molar-refractivity contribution in [2.75, 3.05) is 19.5 Å². The van der Waals surface area contributed by atoms with Gasteiger partial charge in [-0.05, 0) is 55.9 Å². The molecule has 32 heavy (non-hydrogen) atoms. The number of fused-ring (bicyclic) bond motifs is 1. The van der Waals surface area contributed by atoms with E-state index in [9.17, 15) is 14.4 Å². The number of anilines is 1. The highest BCUT2D eigenvalue weighted by Gasteiger charge is 2.27. The van der Waals surface area contributed by atoms with E-state index in [1.54, 1.807) is 56.7 Å². The second-order valence-electron chi connectivity index (χ2n) is 8.16. The molecule has 0 radical (unpaired) electrons. The molecule has 0 atom stereocenters. The van der Waals surface area contributed by atoms with E-state index in [0.29, 0.717) is 47.5 Å². The van der Waals surface area contributed by atoms with Gasteiger partial charge in [0.25, 0.3) is 5.56 Å². The molecule has 8 nitrogen and oxygen atoms in total. The number of aromatic nitrogens is 2. The maximum atomic E-state index is 12.8. The van der Waals surface area contributed by atoms with Gasteiger partial charge in [-0.1, -0.05) is 12.1 Å². The molecule has 1 fully saturated rings. The van der Waals surface area contributed by atoms with E-state index in [1.807, 2.05) is 0 Å². The molecule has 0 spiro atoms. The highest BCUT2D eigenvalue weighted by Crippen LogP contribution is 2.33. The van der Waals surface area contributed by atoms with Crippen molar-refractivity contribution in [1.29, 1.82) is 0 Å². The predicted molar refractivity (Wildman–Crippen MR) is 122 cm³/mol. The number of para-hydroxylation sites is 1. The summed E-state index contributed by atoms with van der Waals surface area (Å²) >= 11 is 0. The number of carbonyl (C=O) groups is 1. The average Bonchev–Trinajstić information content (AvgIpc) is 2.82. The molecule has 0 aliphatic heterocycles. The van der Waals surface area contributed by atoms with Crippen LogP contribution in [0.2, 0.25) is 0 Å². The number of benzene rings is 2. The van der Waals surface area contributed by atoms with Gasteiger partial charge in [0, 0.05) is 18.5 Å². The molecule has 1 amide bonds. The van der Waals surface area contributed by atoms with Crippen molar-refractivity contribution in [3.63, 3.8) is 0 Å². The Kier molecular flexibility index (Phi) is 6.30. The summed E-state index contributed by atoms with van der Waals surface area (Å²) in [7, 11) is 3.12. The molecule has 0 saturated heterocycles. The molecule has 3 aromatic rings. The molecule has 2 N–H and O–H groups in total. The van der Waals surface area contributed by atoms with Gasteiger partial charge in [0.2, 0.25) is 5.91 Å². The Labute approximate surface area is 185 Å². The molecule has 168 valence electrons. The quantitative estimate of drug-likeness (QED) is 0.617. The fraction of sp³-hybridized carbons (Fsp3) is 0.375. The zero-order valence-electron chi connectivity index (χ0n) is 18.2. The van der Waals surface area contributed by atoms with Crippen LogP contribution in [0.3, 0.4) is 0 Å². The maximum absolute atomic E-state index is 12.8. The minimum Gasteiger partial charge on any atom is -0.497 e. The van der Waals surface area contributed by atoms with Gasteiger partial charge in [0.15, 0.2) is 0 Å². The van der Waals surface area contributed by atoms with Crippen LogP contribution >= 0.6 is 0 Å². The van der Waals surface area contributed by atoms with Gasteiger partial charge in [-0.25, -0.2) is 4.79 Å². The van der Waals surface area contributed by atoms with Crippen LogP contribution in [-0.4, -0.2) is 29.7 Å². The molecule has 1 aliphatic rings. The number of ether oxygens (including phenoxy) is 2. The molecule has 0 unspecified atom stereocenters. The third-order valence-electron chi connectivity index (χ3n) is 6.21. The van der Waals surface area contributed by atoms with Crippen LogP contribution in [0.5, 0.6) is 11.5 Å². The van der Waals surface area contributed by atoms with Gasteiger partial charge < -0.3 is 19.8 Å². The lowest BCUT2D eigenvalue weighted by atomic mass is 9.81. The van der Waals surface area contributed by atoms with E-state index in [4.69, 9.17) is 9.47 Å². The lowest BCUT2D eigenvalue weighted by Crippen LogP contribution is -2.38. The number of hydrogen-bond donors (Lipinski definition) is 2. The lowest BCUT2D eigenvalue weighted by Gasteiger charge is -2.28. The summed E-state index contributed by atoms with van der Waals surface area (Å²) in [6.07, 6.45) is 2.96. The molecular formula is C24H27N3O5. The van der Waals surface area contributed by atoms with Crippen LogP contribution in [0.15, 0.2) is 52.1 Å². The second-order valence-corrected chi connectivity index (χ2v) is 8.16. The van der Waals surface area contributed by atoms with Gasteiger partial charge in [-0.15, -0.1) is 0 Å². The fourth-order valence-corrected chi connectivity index (χ4v) is 4.37. The molecule has 2 aromatic carbocycles. The topological polar surface area (TPSA) is 102 Å². The third-order valence-corrected chi connectivity index (χ3v) is 6.21. The first-order valence-electron chi connectivity index (χ1n) is 10.7. The first-order valence-corrected chi connectivity index (χ1v) is 10.7. The average molecular weight is 437 g/mol. The van der Waals surface area contributed by atoms with Crippen molar-refractivity contribution in [1.82, 2.24) is 9.55 Å². The zero-order chi connectivity index (χ0) is 22.7. The van der Waals surface area contributed by atoms with E-state index in [2.05, 4.69) is 10.3 Å². The number of amides is 1. The van der Waals surface area contributed by atoms with Crippen molar-refractivity contribution >= 4 is 22.5 Å². The summed E-state index contributed by atoms with van der Waals surface area (Å²) in [4.78, 5) is 40.8. The highest BCUT2D eigenvalue weighted by molar-refractivity contribution is 5.94. The summed E-state index contributed by atoms with van der Waals surface area (Å²) in [5.41, 5.74) is 0.499. The summed E-state index contributed by atoms with van der Waals surface area (Å²) in [5.74, 6) is 1.20. The third kappa shape index (κ3) is 4.39. The van der Waals surface area contributed by atoms with E-state index < -0.39 is 0 Å². The molecule has 1 aromatic heterocycles. The van der Waals surface area contributed by atoms with Gasteiger partial charge >= 0.3 is 5.69 Å². The SMILES string of the molecule is COc1ccc(NC(=O)C2CCC(Cn3c(=O)[nH]c4ccccc4c3=O)CC2)c(OC)c1. The Balaban J connectivity index is 1.40. The van der Waals surface area contributed by atoms with Crippen molar-refractivity contribution in [3.05, 3.63) is 63.3 Å². The normalized spacial score (nSPS) is 18.3. The van der Waals surface area contributed by atoms with Crippen LogP contribution < -0.4 is 26.0 Å². The van der Waals surface area contributed by atoms with E-state index in [0.717, 1.165) is 12.8 Å². The van der Waals surface area contributed by atoms with E-state index in [-0.39, 0.29) is 29.0 Å². The van der Waals surface area contributed by atoms with Crippen LogP contribution in [0, 0.1) is 11.8 Å². The van der Waals surface area contributed by atoms with Crippen molar-refractivity contribution < 1.29 is 14.3 Å². The number of carbonyl (C=O) groups excluding carboxylic acids is 1. The number of nitrogens with zero attached hydrogens (tertiary/aromatic N) is 1. The highest BCUT2D eigenvalue weighted by atomic mass is 16.5. The number of hydrogen-bond acceptors (Lipinski definition) is 5. The first kappa shape index (κ1) is 21.7. The summed E-state index contributed by atoms with van der Waals surface area (Å²) < 4.78 is 11.8. The molecule has 1 saturated carbocycles. The monoisotopic (exact) mass is 437 g/mol. The largest absolute Gasteiger partial charge is 0.497 e. The number of nitrogens with one attached hydrogen (secondary N) is 2. The summed E-state index contributed by atoms with van der Waals surface area (Å²) in [6.45, 7) is 0.361. The zero-order valence-corrected chi connectivity index (χ0v) is 18.2. The van der Waals surface area contributed by atoms with Crippen molar-refractivity contribution in [2.24, 2.45) is 11.8 Å². The van der Waals surface area contributed by atoms with Crippen molar-refractivity contribution in [3.8, 4) is 11.5 Å². The minimum absolute atomic E-state index is 0.0485. The van der Waals surface area contributed by atoms with Crippen LogP contribution in [0.25, 0.3) is 10.9 Å². The molecule has 1 aliphatic carbocycles. The number of methoxy groups -OCH3 is 2. The molecular weight excluding hydrogens is 410 g/mol. The molecule has 8 heteroatoms. The van der Waals surface area contributed by atoms with E-state index >= 15 is 0 Å². The Hall–Kier alpha value is -3.55. The standard InChI is InChI=1S/C24H27N3O5/c1-31-17-11-12-20(21(13-17)32-2)25-22(28)16-9-7-15(8-10-16)14-27-23(29)18-5-3-4-6-19(18)26-24(27)30/h3-6,11-13,15-16H,7-10,14H2,1-2H3,(H,25,28)(H,26,30). The minimum atomic E-state index is -0.389. The summed E-state index contributed by atoms with van der Waals surface area (Å²) in [6, 6.07) is 12.3. The van der Waals surface area contributed by atoms with Gasteiger partial charge in [0.05, 0.1) is 30.8 Å². The Bertz CT molecular complexity index is 1240. The van der Waals surface area contributed by atoms with Crippen LogP contribution in [0.4, 0.5) is 5.69 Å². The Morgan fingerprint density at radius 2 is 1.81 bits per heavy atom. The lowest BCUT2D eigenvalue weighted by molar-refractivity contribution is -0.121. The summed E-state index contributed by atoms with van der Waals surface area (Å²) in [5, 5.41) is 3.46. The van der Waals surface area contributed by atoms with Crippen LogP contribution in [0.1, 0.15) is 25.7 Å². The van der Waals surface area contributed by atoms with Crippen LogP contribution in [-0.2, 0) is 11.3 Å². The fourth-order valence-electron chi connectivity index (χ4n) is 4.37. The van der Waals surface area contributed by atoms with Gasteiger partial charge in [0.1, 0.15) is 11.5 Å². The smallest absolute Gasteiger partial charge is 0.328 e. The number of H-pyrrole nitrogens is 1. The number of aromatic amines is 1. The second kappa shape index (κ2) is 9.30. The molecule has 1 heterocycles. The van der Waals surface area contributed by atoms with E-state index in [1.165, 1.54) is 4.57 Å². The Morgan fingerprint density at radius 3 is 2.53 bits per heavy atom. The predicted octanol–water partition coefficient (Wildman–Crippen LogP) is 3.15. The van der Waals surface area contributed by atoms with Gasteiger partial charge in [-0.2, -0.15) is 0 Å². The Morgan fingerprint density at radius 1 is 1.06 bits per heavy atom.